The molecule has 1 aliphatic rings. The van der Waals surface area contributed by atoms with Crippen LogP contribution in [0.2, 0.25) is 0 Å². The number of hydrogen-bond donors (Lipinski definition) is 2. The first-order chi connectivity index (χ1) is 15.0. The van der Waals surface area contributed by atoms with Crippen molar-refractivity contribution in [1.29, 1.82) is 0 Å². The molecular weight excluding hydrogens is 396 g/mol. The number of carbonyl (C=O) groups excluding carboxylic acids is 3. The van der Waals surface area contributed by atoms with Crippen LogP contribution in [-0.4, -0.2) is 44.1 Å². The monoisotopic (exact) mass is 424 g/mol. The molecule has 3 rings (SSSR count). The predicted molar refractivity (Wildman–Crippen MR) is 116 cm³/mol. The molecule has 31 heavy (non-hydrogen) atoms. The van der Waals surface area contributed by atoms with Gasteiger partial charge in [-0.2, -0.15) is 0 Å². The Hall–Kier alpha value is -3.35. The second kappa shape index (κ2) is 10.6. The van der Waals surface area contributed by atoms with E-state index in [2.05, 4.69) is 22.8 Å². The number of esters is 1. The van der Waals surface area contributed by atoms with Crippen molar-refractivity contribution >= 4 is 17.8 Å². The lowest BCUT2D eigenvalue weighted by atomic mass is 9.64. The van der Waals surface area contributed by atoms with Gasteiger partial charge in [0.1, 0.15) is 12.3 Å². The molecule has 1 saturated carbocycles. The van der Waals surface area contributed by atoms with E-state index in [4.69, 9.17) is 9.47 Å². The Morgan fingerprint density at radius 2 is 1.68 bits per heavy atom. The topological polar surface area (TPSA) is 93.7 Å². The lowest BCUT2D eigenvalue weighted by Gasteiger charge is -2.42. The highest BCUT2D eigenvalue weighted by atomic mass is 16.5. The standard InChI is InChI=1S/C24H28N2O5/c1-2-30-20-11-9-18(10-12-20)23(29)25-15-22(28)31-16-21(27)26-17-24(13-6-14-24)19-7-4-3-5-8-19/h3-5,7-12H,2,6,13-17H2,1H3,(H,25,29)(H,26,27). The van der Waals surface area contributed by atoms with Crippen LogP contribution in [0.3, 0.4) is 0 Å². The van der Waals surface area contributed by atoms with Gasteiger partial charge in [0.2, 0.25) is 0 Å². The Labute approximate surface area is 182 Å². The lowest BCUT2D eigenvalue weighted by molar-refractivity contribution is -0.147. The number of nitrogens with one attached hydrogen (secondary N) is 2. The highest BCUT2D eigenvalue weighted by Gasteiger charge is 2.38. The minimum absolute atomic E-state index is 0.0351. The molecule has 7 heteroatoms. The highest BCUT2D eigenvalue weighted by molar-refractivity contribution is 5.96. The van der Waals surface area contributed by atoms with Crippen LogP contribution in [-0.2, 0) is 19.7 Å². The van der Waals surface area contributed by atoms with Crippen LogP contribution in [0, 0.1) is 0 Å². The van der Waals surface area contributed by atoms with Crippen molar-refractivity contribution in [2.45, 2.75) is 31.6 Å². The van der Waals surface area contributed by atoms with Gasteiger partial charge in [-0.25, -0.2) is 0 Å². The number of rotatable bonds is 10. The lowest BCUT2D eigenvalue weighted by Crippen LogP contribution is -2.46. The van der Waals surface area contributed by atoms with Gasteiger partial charge in [-0.15, -0.1) is 0 Å². The average Bonchev–Trinajstić information content (AvgIpc) is 2.77. The van der Waals surface area contributed by atoms with Crippen LogP contribution in [0.1, 0.15) is 42.1 Å². The smallest absolute Gasteiger partial charge is 0.325 e. The molecule has 164 valence electrons. The van der Waals surface area contributed by atoms with E-state index in [0.717, 1.165) is 19.3 Å². The summed E-state index contributed by atoms with van der Waals surface area (Å²) in [6.45, 7) is 2.25. The van der Waals surface area contributed by atoms with Gasteiger partial charge >= 0.3 is 5.97 Å². The van der Waals surface area contributed by atoms with Crippen LogP contribution in [0.25, 0.3) is 0 Å². The summed E-state index contributed by atoms with van der Waals surface area (Å²) in [6.07, 6.45) is 3.18. The van der Waals surface area contributed by atoms with Crippen LogP contribution >= 0.6 is 0 Å². The van der Waals surface area contributed by atoms with E-state index in [1.807, 2.05) is 25.1 Å². The van der Waals surface area contributed by atoms with Crippen molar-refractivity contribution in [3.05, 3.63) is 65.7 Å². The van der Waals surface area contributed by atoms with E-state index in [9.17, 15) is 14.4 Å². The quantitative estimate of drug-likeness (QED) is 0.572. The van der Waals surface area contributed by atoms with Crippen molar-refractivity contribution in [2.75, 3.05) is 26.3 Å². The van der Waals surface area contributed by atoms with Crippen molar-refractivity contribution in [3.63, 3.8) is 0 Å². The van der Waals surface area contributed by atoms with Crippen LogP contribution in [0.15, 0.2) is 54.6 Å². The molecule has 2 N–H and O–H groups in total. The van der Waals surface area contributed by atoms with Crippen LogP contribution in [0.5, 0.6) is 5.75 Å². The summed E-state index contributed by atoms with van der Waals surface area (Å²) < 4.78 is 10.3. The molecule has 0 aliphatic heterocycles. The summed E-state index contributed by atoms with van der Waals surface area (Å²) in [4.78, 5) is 36.1. The average molecular weight is 424 g/mol. The molecule has 0 heterocycles. The number of benzene rings is 2. The minimum Gasteiger partial charge on any atom is -0.494 e. The molecule has 2 aromatic carbocycles. The van der Waals surface area contributed by atoms with Gasteiger partial charge in [0.15, 0.2) is 6.61 Å². The Morgan fingerprint density at radius 3 is 2.29 bits per heavy atom. The molecule has 1 aliphatic carbocycles. The third-order valence-electron chi connectivity index (χ3n) is 5.51. The van der Waals surface area contributed by atoms with Crippen molar-refractivity contribution in [3.8, 4) is 5.75 Å². The fraction of sp³-hybridized carbons (Fsp3) is 0.375. The SMILES string of the molecule is CCOc1ccc(C(=O)NCC(=O)OCC(=O)NCC2(c3ccccc3)CCC2)cc1. The molecule has 0 unspecified atom stereocenters. The number of amides is 2. The molecule has 0 radical (unpaired) electrons. The van der Waals surface area contributed by atoms with E-state index in [-0.39, 0.29) is 24.5 Å². The summed E-state index contributed by atoms with van der Waals surface area (Å²) in [5.74, 6) is -0.760. The van der Waals surface area contributed by atoms with Crippen molar-refractivity contribution in [2.24, 2.45) is 0 Å². The Balaban J connectivity index is 1.37. The summed E-state index contributed by atoms with van der Waals surface area (Å²) in [7, 11) is 0. The van der Waals surface area contributed by atoms with E-state index in [1.165, 1.54) is 5.56 Å². The molecule has 1 fully saturated rings. The summed E-state index contributed by atoms with van der Waals surface area (Å²) >= 11 is 0. The molecule has 0 spiro atoms. The molecule has 2 aromatic rings. The first-order valence-electron chi connectivity index (χ1n) is 10.5. The molecule has 2 amide bonds. The number of hydrogen-bond acceptors (Lipinski definition) is 5. The molecule has 7 nitrogen and oxygen atoms in total. The van der Waals surface area contributed by atoms with Crippen LogP contribution < -0.4 is 15.4 Å². The number of ether oxygens (including phenoxy) is 2. The molecular formula is C24H28N2O5. The van der Waals surface area contributed by atoms with E-state index < -0.39 is 11.9 Å². The van der Waals surface area contributed by atoms with E-state index in [0.29, 0.717) is 24.5 Å². The normalized spacial score (nSPS) is 14.1. The maximum absolute atomic E-state index is 12.1. The van der Waals surface area contributed by atoms with Gasteiger partial charge in [-0.05, 0) is 49.6 Å². The van der Waals surface area contributed by atoms with Crippen molar-refractivity contribution in [1.82, 2.24) is 10.6 Å². The van der Waals surface area contributed by atoms with Gasteiger partial charge in [0, 0.05) is 17.5 Å². The molecule has 0 atom stereocenters. The zero-order valence-electron chi connectivity index (χ0n) is 17.7. The van der Waals surface area contributed by atoms with E-state index >= 15 is 0 Å². The zero-order chi connectivity index (χ0) is 22.1. The third kappa shape index (κ3) is 6.07. The first-order valence-corrected chi connectivity index (χ1v) is 10.5. The zero-order valence-corrected chi connectivity index (χ0v) is 17.7. The van der Waals surface area contributed by atoms with Gasteiger partial charge in [0.05, 0.1) is 6.61 Å². The summed E-state index contributed by atoms with van der Waals surface area (Å²) in [5, 5.41) is 5.35. The highest BCUT2D eigenvalue weighted by Crippen LogP contribution is 2.43. The molecule has 0 aromatic heterocycles. The Bertz CT molecular complexity index is 892. The minimum atomic E-state index is -0.671. The molecule has 0 saturated heterocycles. The first kappa shape index (κ1) is 22.3. The largest absolute Gasteiger partial charge is 0.494 e. The summed E-state index contributed by atoms with van der Waals surface area (Å²) in [6, 6.07) is 16.7. The van der Waals surface area contributed by atoms with Crippen LogP contribution in [0.4, 0.5) is 0 Å². The molecule has 0 bridgehead atoms. The van der Waals surface area contributed by atoms with Crippen molar-refractivity contribution < 1.29 is 23.9 Å². The van der Waals surface area contributed by atoms with Gasteiger partial charge in [0.25, 0.3) is 11.8 Å². The van der Waals surface area contributed by atoms with Gasteiger partial charge < -0.3 is 20.1 Å². The second-order valence-corrected chi connectivity index (χ2v) is 7.58. The summed E-state index contributed by atoms with van der Waals surface area (Å²) in [5.41, 5.74) is 1.59. The maximum Gasteiger partial charge on any atom is 0.325 e. The fourth-order valence-corrected chi connectivity index (χ4v) is 3.60. The third-order valence-corrected chi connectivity index (χ3v) is 5.51. The Kier molecular flexibility index (Phi) is 7.65. The van der Waals surface area contributed by atoms with E-state index in [1.54, 1.807) is 24.3 Å². The Morgan fingerprint density at radius 1 is 0.968 bits per heavy atom. The predicted octanol–water partition coefficient (Wildman–Crippen LogP) is 2.60. The van der Waals surface area contributed by atoms with Gasteiger partial charge in [-0.3, -0.25) is 14.4 Å². The maximum atomic E-state index is 12.1. The fourth-order valence-electron chi connectivity index (χ4n) is 3.60. The number of carbonyl (C=O) groups is 3. The second-order valence-electron chi connectivity index (χ2n) is 7.58. The van der Waals surface area contributed by atoms with Gasteiger partial charge in [-0.1, -0.05) is 36.8 Å².